The third-order valence-corrected chi connectivity index (χ3v) is 3.14. The van der Waals surface area contributed by atoms with Gasteiger partial charge in [-0.15, -0.1) is 0 Å². The zero-order chi connectivity index (χ0) is 12.0. The number of alkyl halides is 1. The van der Waals surface area contributed by atoms with Gasteiger partial charge in [0, 0.05) is 5.33 Å². The van der Waals surface area contributed by atoms with Crippen LogP contribution >= 0.6 is 27.5 Å². The largest absolute Gasteiger partial charge is 0.490 e. The van der Waals surface area contributed by atoms with Crippen molar-refractivity contribution in [3.05, 3.63) is 29.0 Å². The number of hydrogen-bond acceptors (Lipinski definition) is 1. The molecule has 0 amide bonds. The van der Waals surface area contributed by atoms with Crippen molar-refractivity contribution in [2.75, 3.05) is 11.9 Å². The Labute approximate surface area is 109 Å². The summed E-state index contributed by atoms with van der Waals surface area (Å²) < 4.78 is 18.8. The molecule has 0 bridgehead atoms. The molecule has 16 heavy (non-hydrogen) atoms. The molecule has 0 saturated carbocycles. The second kappa shape index (κ2) is 7.13. The zero-order valence-electron chi connectivity index (χ0n) is 9.18. The molecule has 4 heteroatoms. The highest BCUT2D eigenvalue weighted by molar-refractivity contribution is 9.09. The number of benzene rings is 1. The van der Waals surface area contributed by atoms with Crippen LogP contribution in [0.4, 0.5) is 4.39 Å². The molecular weight excluding hydrogens is 294 g/mol. The molecular formula is C12H15BrClFO. The molecule has 0 radical (unpaired) electrons. The van der Waals surface area contributed by atoms with Crippen LogP contribution in [0.25, 0.3) is 0 Å². The summed E-state index contributed by atoms with van der Waals surface area (Å²) in [6.07, 6.45) is 2.01. The Bertz CT molecular complexity index is 333. The zero-order valence-corrected chi connectivity index (χ0v) is 11.5. The third kappa shape index (κ3) is 4.30. The molecule has 0 aromatic heterocycles. The normalized spacial score (nSPS) is 12.5. The average Bonchev–Trinajstić information content (AvgIpc) is 2.25. The Morgan fingerprint density at radius 2 is 2.19 bits per heavy atom. The van der Waals surface area contributed by atoms with E-state index < -0.39 is 5.82 Å². The standard InChI is InChI=1S/C12H15BrClFO/c1-9(5-7-13)6-8-16-11-4-2-3-10(14)12(11)15/h2-4,9H,5-8H2,1H3. The highest BCUT2D eigenvalue weighted by atomic mass is 79.9. The molecule has 0 fully saturated rings. The summed E-state index contributed by atoms with van der Waals surface area (Å²) in [4.78, 5) is 0. The number of rotatable bonds is 6. The minimum absolute atomic E-state index is 0.103. The van der Waals surface area contributed by atoms with E-state index in [4.69, 9.17) is 16.3 Å². The lowest BCUT2D eigenvalue weighted by Gasteiger charge is -2.11. The van der Waals surface area contributed by atoms with Crippen molar-refractivity contribution < 1.29 is 9.13 Å². The van der Waals surface area contributed by atoms with Crippen LogP contribution in [0.5, 0.6) is 5.75 Å². The van der Waals surface area contributed by atoms with Crippen LogP contribution < -0.4 is 4.74 Å². The number of ether oxygens (including phenoxy) is 1. The Morgan fingerprint density at radius 1 is 1.44 bits per heavy atom. The van der Waals surface area contributed by atoms with Gasteiger partial charge < -0.3 is 4.74 Å². The fraction of sp³-hybridized carbons (Fsp3) is 0.500. The molecule has 0 heterocycles. The first-order valence-corrected chi connectivity index (χ1v) is 6.78. The highest BCUT2D eigenvalue weighted by Gasteiger charge is 2.08. The van der Waals surface area contributed by atoms with Gasteiger partial charge in [0.25, 0.3) is 0 Å². The van der Waals surface area contributed by atoms with E-state index in [1.165, 1.54) is 6.07 Å². The lowest BCUT2D eigenvalue weighted by Crippen LogP contribution is -2.05. The number of hydrogen-bond donors (Lipinski definition) is 0. The third-order valence-electron chi connectivity index (χ3n) is 2.39. The Balaban J connectivity index is 2.40. The fourth-order valence-corrected chi connectivity index (χ4v) is 2.24. The van der Waals surface area contributed by atoms with Gasteiger partial charge in [-0.25, -0.2) is 4.39 Å². The predicted octanol–water partition coefficient (Wildman–Crippen LogP) is 4.67. The molecule has 1 unspecified atom stereocenters. The average molecular weight is 310 g/mol. The van der Waals surface area contributed by atoms with E-state index in [9.17, 15) is 4.39 Å². The maximum atomic E-state index is 13.4. The Hall–Kier alpha value is -0.280. The van der Waals surface area contributed by atoms with Crippen molar-refractivity contribution in [3.63, 3.8) is 0 Å². The van der Waals surface area contributed by atoms with Crippen molar-refractivity contribution >= 4 is 27.5 Å². The van der Waals surface area contributed by atoms with Crippen LogP contribution in [0.15, 0.2) is 18.2 Å². The molecule has 1 aromatic carbocycles. The molecule has 1 aromatic rings. The van der Waals surface area contributed by atoms with E-state index >= 15 is 0 Å². The van der Waals surface area contributed by atoms with Gasteiger partial charge in [0.1, 0.15) is 0 Å². The van der Waals surface area contributed by atoms with Crippen LogP contribution in [-0.4, -0.2) is 11.9 Å². The van der Waals surface area contributed by atoms with E-state index in [-0.39, 0.29) is 10.8 Å². The van der Waals surface area contributed by atoms with Gasteiger partial charge in [0.15, 0.2) is 11.6 Å². The SMILES string of the molecule is CC(CCBr)CCOc1cccc(Cl)c1F. The maximum Gasteiger partial charge on any atom is 0.183 e. The van der Waals surface area contributed by atoms with Crippen LogP contribution in [0.3, 0.4) is 0 Å². The summed E-state index contributed by atoms with van der Waals surface area (Å²) in [7, 11) is 0. The molecule has 0 aliphatic rings. The maximum absolute atomic E-state index is 13.4. The highest BCUT2D eigenvalue weighted by Crippen LogP contribution is 2.24. The summed E-state index contributed by atoms with van der Waals surface area (Å²) in [5.74, 6) is 0.331. The van der Waals surface area contributed by atoms with Gasteiger partial charge in [-0.1, -0.05) is 40.5 Å². The summed E-state index contributed by atoms with van der Waals surface area (Å²) in [6.45, 7) is 2.67. The molecule has 90 valence electrons. The topological polar surface area (TPSA) is 9.23 Å². The van der Waals surface area contributed by atoms with Crippen molar-refractivity contribution in [2.24, 2.45) is 5.92 Å². The number of halogens is 3. The van der Waals surface area contributed by atoms with Crippen molar-refractivity contribution in [3.8, 4) is 5.75 Å². The smallest absolute Gasteiger partial charge is 0.183 e. The monoisotopic (exact) mass is 308 g/mol. The lowest BCUT2D eigenvalue weighted by atomic mass is 10.1. The summed E-state index contributed by atoms with van der Waals surface area (Å²) >= 11 is 9.03. The minimum Gasteiger partial charge on any atom is -0.490 e. The van der Waals surface area contributed by atoms with Crippen LogP contribution in [0, 0.1) is 11.7 Å². The quantitative estimate of drug-likeness (QED) is 0.694. The second-order valence-electron chi connectivity index (χ2n) is 3.77. The first-order chi connectivity index (χ1) is 7.65. The summed E-state index contributed by atoms with van der Waals surface area (Å²) in [5.41, 5.74) is 0. The first-order valence-electron chi connectivity index (χ1n) is 5.28. The first kappa shape index (κ1) is 13.8. The van der Waals surface area contributed by atoms with Crippen LogP contribution in [0.2, 0.25) is 5.02 Å². The van der Waals surface area contributed by atoms with Gasteiger partial charge in [0.2, 0.25) is 0 Å². The van der Waals surface area contributed by atoms with Crippen molar-refractivity contribution in [1.29, 1.82) is 0 Å². The molecule has 0 saturated heterocycles. The van der Waals surface area contributed by atoms with Gasteiger partial charge >= 0.3 is 0 Å². The molecule has 0 spiro atoms. The Morgan fingerprint density at radius 3 is 2.88 bits per heavy atom. The molecule has 0 aliphatic heterocycles. The van der Waals surface area contributed by atoms with Gasteiger partial charge in [-0.05, 0) is 30.9 Å². The van der Waals surface area contributed by atoms with Gasteiger partial charge in [-0.3, -0.25) is 0 Å². The fourth-order valence-electron chi connectivity index (χ4n) is 1.30. The molecule has 0 aliphatic carbocycles. The van der Waals surface area contributed by atoms with E-state index in [0.29, 0.717) is 12.5 Å². The Kier molecular flexibility index (Phi) is 6.14. The molecule has 0 N–H and O–H groups in total. The van der Waals surface area contributed by atoms with Crippen molar-refractivity contribution in [2.45, 2.75) is 19.8 Å². The van der Waals surface area contributed by atoms with Gasteiger partial charge in [-0.2, -0.15) is 0 Å². The summed E-state index contributed by atoms with van der Waals surface area (Å²) in [6, 6.07) is 4.79. The second-order valence-corrected chi connectivity index (χ2v) is 4.97. The van der Waals surface area contributed by atoms with Crippen molar-refractivity contribution in [1.82, 2.24) is 0 Å². The summed E-state index contributed by atoms with van der Waals surface area (Å²) in [5, 5.41) is 1.09. The van der Waals surface area contributed by atoms with Crippen LogP contribution in [0.1, 0.15) is 19.8 Å². The van der Waals surface area contributed by atoms with Gasteiger partial charge in [0.05, 0.1) is 11.6 Å². The molecule has 1 nitrogen and oxygen atoms in total. The minimum atomic E-state index is -0.475. The van der Waals surface area contributed by atoms with E-state index in [1.807, 2.05) is 0 Å². The molecule has 1 atom stereocenters. The van der Waals surface area contributed by atoms with E-state index in [0.717, 1.165) is 18.2 Å². The molecule has 1 rings (SSSR count). The van der Waals surface area contributed by atoms with E-state index in [1.54, 1.807) is 12.1 Å². The van der Waals surface area contributed by atoms with E-state index in [2.05, 4.69) is 22.9 Å². The predicted molar refractivity (Wildman–Crippen MR) is 69.1 cm³/mol. The van der Waals surface area contributed by atoms with Crippen LogP contribution in [-0.2, 0) is 0 Å². The lowest BCUT2D eigenvalue weighted by molar-refractivity contribution is 0.270.